The van der Waals surface area contributed by atoms with Crippen LogP contribution >= 0.6 is 0 Å². The van der Waals surface area contributed by atoms with E-state index in [-0.39, 0.29) is 11.1 Å². The fourth-order valence-corrected chi connectivity index (χ4v) is 1.60. The molecule has 4 nitrogen and oxygen atoms in total. The summed E-state index contributed by atoms with van der Waals surface area (Å²) >= 11 is 0. The second-order valence-electron chi connectivity index (χ2n) is 5.07. The maximum Gasteiger partial charge on any atom is 0.268 e. The third-order valence-corrected chi connectivity index (χ3v) is 2.66. The second kappa shape index (κ2) is 3.80. The average molecular weight is 229 g/mol. The summed E-state index contributed by atoms with van der Waals surface area (Å²) in [6.45, 7) is 6.37. The second-order valence-corrected chi connectivity index (χ2v) is 5.07. The molecule has 4 heteroatoms. The SMILES string of the molecule is CC(C)(C)c1ccc2ncc(C(N)=O)nc2c1. The molecule has 2 rings (SSSR count). The molecule has 0 fully saturated rings. The largest absolute Gasteiger partial charge is 0.364 e. The lowest BCUT2D eigenvalue weighted by molar-refractivity contribution is 0.0995. The molecule has 0 bridgehead atoms. The summed E-state index contributed by atoms with van der Waals surface area (Å²) in [7, 11) is 0. The molecular weight excluding hydrogens is 214 g/mol. The molecule has 0 aliphatic carbocycles. The summed E-state index contributed by atoms with van der Waals surface area (Å²) in [6.07, 6.45) is 1.40. The van der Waals surface area contributed by atoms with Crippen LogP contribution in [0.15, 0.2) is 24.4 Å². The topological polar surface area (TPSA) is 68.9 Å². The molecule has 88 valence electrons. The van der Waals surface area contributed by atoms with Gasteiger partial charge in [0.2, 0.25) is 0 Å². The number of benzene rings is 1. The summed E-state index contributed by atoms with van der Waals surface area (Å²) in [5.74, 6) is -0.555. The highest BCUT2D eigenvalue weighted by Crippen LogP contribution is 2.24. The maximum absolute atomic E-state index is 11.0. The molecule has 1 aromatic heterocycles. The molecule has 0 spiro atoms. The highest BCUT2D eigenvalue weighted by molar-refractivity contribution is 5.92. The Morgan fingerprint density at radius 2 is 1.94 bits per heavy atom. The fraction of sp³-hybridized carbons (Fsp3) is 0.308. The van der Waals surface area contributed by atoms with E-state index >= 15 is 0 Å². The zero-order chi connectivity index (χ0) is 12.6. The van der Waals surface area contributed by atoms with Crippen LogP contribution in [0, 0.1) is 0 Å². The van der Waals surface area contributed by atoms with Crippen LogP contribution in [0.1, 0.15) is 36.8 Å². The van der Waals surface area contributed by atoms with Crippen LogP contribution in [0.5, 0.6) is 0 Å². The quantitative estimate of drug-likeness (QED) is 0.813. The van der Waals surface area contributed by atoms with Crippen molar-refractivity contribution in [3.05, 3.63) is 35.7 Å². The number of carbonyl (C=O) groups excluding carboxylic acids is 1. The first kappa shape index (κ1) is 11.5. The predicted molar refractivity (Wildman–Crippen MR) is 66.8 cm³/mol. The number of nitrogens with two attached hydrogens (primary N) is 1. The molecule has 0 atom stereocenters. The minimum absolute atomic E-state index is 0.0403. The molecule has 0 aliphatic heterocycles. The van der Waals surface area contributed by atoms with E-state index in [1.807, 2.05) is 18.2 Å². The minimum atomic E-state index is -0.555. The zero-order valence-electron chi connectivity index (χ0n) is 10.2. The van der Waals surface area contributed by atoms with Crippen LogP contribution in [0.25, 0.3) is 11.0 Å². The number of primary amides is 1. The standard InChI is InChI=1S/C13H15N3O/c1-13(2,3)8-4-5-9-10(6-8)16-11(7-15-9)12(14)17/h4-7H,1-3H3,(H2,14,17). The van der Waals surface area contributed by atoms with Crippen molar-refractivity contribution in [2.75, 3.05) is 0 Å². The van der Waals surface area contributed by atoms with Crippen molar-refractivity contribution in [2.24, 2.45) is 5.73 Å². The molecule has 1 aromatic carbocycles. The van der Waals surface area contributed by atoms with Gasteiger partial charge in [0.1, 0.15) is 5.69 Å². The highest BCUT2D eigenvalue weighted by atomic mass is 16.1. The Hall–Kier alpha value is -1.97. The van der Waals surface area contributed by atoms with Gasteiger partial charge < -0.3 is 5.73 Å². The summed E-state index contributed by atoms with van der Waals surface area (Å²) in [6, 6.07) is 5.89. The monoisotopic (exact) mass is 229 g/mol. The van der Waals surface area contributed by atoms with Gasteiger partial charge in [-0.25, -0.2) is 4.98 Å². The average Bonchev–Trinajstić information content (AvgIpc) is 2.26. The smallest absolute Gasteiger partial charge is 0.268 e. The van der Waals surface area contributed by atoms with Crippen LogP contribution in [0.3, 0.4) is 0 Å². The summed E-state index contributed by atoms with van der Waals surface area (Å²) in [5.41, 5.74) is 8.05. The van der Waals surface area contributed by atoms with Gasteiger partial charge in [0, 0.05) is 0 Å². The molecule has 1 heterocycles. The Balaban J connectivity index is 2.62. The predicted octanol–water partition coefficient (Wildman–Crippen LogP) is 2.03. The van der Waals surface area contributed by atoms with Crippen LogP contribution in [0.4, 0.5) is 0 Å². The van der Waals surface area contributed by atoms with Gasteiger partial charge in [0.15, 0.2) is 0 Å². The van der Waals surface area contributed by atoms with Crippen molar-refractivity contribution in [3.63, 3.8) is 0 Å². The summed E-state index contributed by atoms with van der Waals surface area (Å²) in [4.78, 5) is 19.4. The van der Waals surface area contributed by atoms with E-state index in [9.17, 15) is 4.79 Å². The first-order valence-corrected chi connectivity index (χ1v) is 5.45. The van der Waals surface area contributed by atoms with E-state index < -0.39 is 5.91 Å². The molecule has 2 N–H and O–H groups in total. The van der Waals surface area contributed by atoms with E-state index in [2.05, 4.69) is 30.7 Å². The van der Waals surface area contributed by atoms with Crippen LogP contribution < -0.4 is 5.73 Å². The number of hydrogen-bond donors (Lipinski definition) is 1. The van der Waals surface area contributed by atoms with Gasteiger partial charge in [0.05, 0.1) is 17.2 Å². The lowest BCUT2D eigenvalue weighted by atomic mass is 9.87. The van der Waals surface area contributed by atoms with E-state index in [4.69, 9.17) is 5.73 Å². The number of fused-ring (bicyclic) bond motifs is 1. The fourth-order valence-electron chi connectivity index (χ4n) is 1.60. The molecule has 0 aliphatic rings. The van der Waals surface area contributed by atoms with Gasteiger partial charge >= 0.3 is 0 Å². The number of nitrogens with zero attached hydrogens (tertiary/aromatic N) is 2. The molecule has 0 unspecified atom stereocenters. The molecule has 17 heavy (non-hydrogen) atoms. The molecule has 2 aromatic rings. The van der Waals surface area contributed by atoms with Crippen LogP contribution in [-0.4, -0.2) is 15.9 Å². The Labute approximate surface area is 99.9 Å². The molecule has 1 amide bonds. The number of aromatic nitrogens is 2. The van der Waals surface area contributed by atoms with Gasteiger partial charge in [-0.2, -0.15) is 0 Å². The van der Waals surface area contributed by atoms with Gasteiger partial charge in [0.25, 0.3) is 5.91 Å². The van der Waals surface area contributed by atoms with E-state index in [0.29, 0.717) is 5.52 Å². The molecule has 0 saturated heterocycles. The Bertz CT molecular complexity index is 585. The summed E-state index contributed by atoms with van der Waals surface area (Å²) in [5, 5.41) is 0. The lowest BCUT2D eigenvalue weighted by Gasteiger charge is -2.19. The normalized spacial score (nSPS) is 11.7. The van der Waals surface area contributed by atoms with Crippen molar-refractivity contribution in [1.82, 2.24) is 9.97 Å². The molecular formula is C13H15N3O. The maximum atomic E-state index is 11.0. The number of rotatable bonds is 1. The van der Waals surface area contributed by atoms with E-state index in [0.717, 1.165) is 11.1 Å². The first-order valence-electron chi connectivity index (χ1n) is 5.45. The first-order chi connectivity index (χ1) is 7.88. The third-order valence-electron chi connectivity index (χ3n) is 2.66. The van der Waals surface area contributed by atoms with Crippen LogP contribution in [0.2, 0.25) is 0 Å². The Morgan fingerprint density at radius 3 is 2.53 bits per heavy atom. The zero-order valence-corrected chi connectivity index (χ0v) is 10.2. The van der Waals surface area contributed by atoms with Crippen molar-refractivity contribution >= 4 is 16.9 Å². The van der Waals surface area contributed by atoms with Crippen molar-refractivity contribution in [2.45, 2.75) is 26.2 Å². The van der Waals surface area contributed by atoms with Crippen molar-refractivity contribution < 1.29 is 4.79 Å². The lowest BCUT2D eigenvalue weighted by Crippen LogP contribution is -2.14. The number of hydrogen-bond acceptors (Lipinski definition) is 3. The van der Waals surface area contributed by atoms with Gasteiger partial charge in [-0.3, -0.25) is 9.78 Å². The van der Waals surface area contributed by atoms with Gasteiger partial charge in [-0.05, 0) is 23.1 Å². The summed E-state index contributed by atoms with van der Waals surface area (Å²) < 4.78 is 0. The van der Waals surface area contributed by atoms with Gasteiger partial charge in [-0.15, -0.1) is 0 Å². The highest BCUT2D eigenvalue weighted by Gasteiger charge is 2.14. The Kier molecular flexibility index (Phi) is 2.58. The molecule has 0 saturated carbocycles. The third kappa shape index (κ3) is 2.25. The minimum Gasteiger partial charge on any atom is -0.364 e. The number of carbonyl (C=O) groups is 1. The van der Waals surface area contributed by atoms with Gasteiger partial charge in [-0.1, -0.05) is 26.8 Å². The van der Waals surface area contributed by atoms with Crippen molar-refractivity contribution in [1.29, 1.82) is 0 Å². The van der Waals surface area contributed by atoms with E-state index in [1.54, 1.807) is 0 Å². The number of amides is 1. The van der Waals surface area contributed by atoms with E-state index in [1.165, 1.54) is 6.20 Å². The molecule has 0 radical (unpaired) electrons. The Morgan fingerprint density at radius 1 is 1.24 bits per heavy atom. The van der Waals surface area contributed by atoms with Crippen molar-refractivity contribution in [3.8, 4) is 0 Å². The van der Waals surface area contributed by atoms with Crippen LogP contribution in [-0.2, 0) is 5.41 Å².